The lowest BCUT2D eigenvalue weighted by Gasteiger charge is -2.05. The molecular weight excluding hydrogens is 268 g/mol. The summed E-state index contributed by atoms with van der Waals surface area (Å²) in [5.41, 5.74) is 2.18. The van der Waals surface area contributed by atoms with Gasteiger partial charge >= 0.3 is 0 Å². The maximum atomic E-state index is 5.85. The van der Waals surface area contributed by atoms with Crippen LogP contribution in [0.15, 0.2) is 29.8 Å². The Labute approximate surface area is 113 Å². The molecule has 0 amide bonds. The summed E-state index contributed by atoms with van der Waals surface area (Å²) in [6.07, 6.45) is 2.03. The van der Waals surface area contributed by atoms with Gasteiger partial charge in [0.1, 0.15) is 11.0 Å². The number of aromatic nitrogens is 3. The SMILES string of the molecule is Cc1nc2sccn2c1CNc1cccc(Cl)n1. The number of nitrogens with zero attached hydrogens (tertiary/aromatic N) is 3. The molecular formula is C12H11ClN4S. The Kier molecular flexibility index (Phi) is 2.93. The van der Waals surface area contributed by atoms with E-state index in [1.807, 2.05) is 30.6 Å². The van der Waals surface area contributed by atoms with Crippen molar-refractivity contribution in [3.63, 3.8) is 0 Å². The fourth-order valence-corrected chi connectivity index (χ4v) is 2.78. The van der Waals surface area contributed by atoms with Crippen molar-refractivity contribution in [1.29, 1.82) is 0 Å². The zero-order valence-corrected chi connectivity index (χ0v) is 11.3. The molecule has 0 fully saturated rings. The summed E-state index contributed by atoms with van der Waals surface area (Å²) in [6, 6.07) is 5.53. The van der Waals surface area contributed by atoms with E-state index < -0.39 is 0 Å². The second-order valence-electron chi connectivity index (χ2n) is 3.90. The van der Waals surface area contributed by atoms with Gasteiger partial charge in [0.15, 0.2) is 4.96 Å². The standard InChI is InChI=1S/C12H11ClN4S/c1-8-9(17-5-6-18-12(17)15-8)7-14-11-4-2-3-10(13)16-11/h2-6H,7H2,1H3,(H,14,16). The Bertz CT molecular complexity index is 688. The average Bonchev–Trinajstić information content (AvgIpc) is 2.87. The number of hydrogen-bond acceptors (Lipinski definition) is 4. The van der Waals surface area contributed by atoms with E-state index in [9.17, 15) is 0 Å². The minimum absolute atomic E-state index is 0.491. The van der Waals surface area contributed by atoms with Gasteiger partial charge in [0.25, 0.3) is 0 Å². The molecule has 0 aliphatic rings. The van der Waals surface area contributed by atoms with Gasteiger partial charge in [-0.3, -0.25) is 4.40 Å². The van der Waals surface area contributed by atoms with E-state index in [1.54, 1.807) is 17.4 Å². The molecule has 0 radical (unpaired) electrons. The van der Waals surface area contributed by atoms with Crippen LogP contribution in [-0.4, -0.2) is 14.4 Å². The van der Waals surface area contributed by atoms with Crippen LogP contribution in [0.1, 0.15) is 11.4 Å². The first kappa shape index (κ1) is 11.5. The minimum atomic E-state index is 0.491. The number of fused-ring (bicyclic) bond motifs is 1. The minimum Gasteiger partial charge on any atom is -0.364 e. The summed E-state index contributed by atoms with van der Waals surface area (Å²) in [5, 5.41) is 5.78. The zero-order chi connectivity index (χ0) is 12.5. The quantitative estimate of drug-likeness (QED) is 0.747. The van der Waals surface area contributed by atoms with Gasteiger partial charge in [-0.2, -0.15) is 0 Å². The lowest BCUT2D eigenvalue weighted by atomic mass is 10.3. The van der Waals surface area contributed by atoms with Crippen LogP contribution in [0, 0.1) is 6.92 Å². The van der Waals surface area contributed by atoms with Crippen molar-refractivity contribution >= 4 is 33.7 Å². The van der Waals surface area contributed by atoms with Gasteiger partial charge in [-0.15, -0.1) is 11.3 Å². The van der Waals surface area contributed by atoms with E-state index in [0.717, 1.165) is 22.2 Å². The predicted octanol–water partition coefficient (Wildman–Crippen LogP) is 3.36. The number of rotatable bonds is 3. The Hall–Kier alpha value is -1.59. The van der Waals surface area contributed by atoms with Gasteiger partial charge in [-0.25, -0.2) is 9.97 Å². The largest absolute Gasteiger partial charge is 0.364 e. The topological polar surface area (TPSA) is 42.2 Å². The van der Waals surface area contributed by atoms with Crippen LogP contribution in [-0.2, 0) is 6.54 Å². The highest BCUT2D eigenvalue weighted by Gasteiger charge is 2.09. The number of halogens is 1. The Balaban J connectivity index is 1.84. The van der Waals surface area contributed by atoms with Crippen molar-refractivity contribution < 1.29 is 0 Å². The number of anilines is 1. The molecule has 0 bridgehead atoms. The van der Waals surface area contributed by atoms with Gasteiger partial charge < -0.3 is 5.32 Å². The number of pyridine rings is 1. The van der Waals surface area contributed by atoms with Crippen molar-refractivity contribution in [3.05, 3.63) is 46.3 Å². The van der Waals surface area contributed by atoms with Crippen molar-refractivity contribution in [2.24, 2.45) is 0 Å². The van der Waals surface area contributed by atoms with E-state index >= 15 is 0 Å². The molecule has 4 nitrogen and oxygen atoms in total. The average molecular weight is 279 g/mol. The van der Waals surface area contributed by atoms with Crippen LogP contribution in [0.3, 0.4) is 0 Å². The van der Waals surface area contributed by atoms with E-state index in [1.165, 1.54) is 0 Å². The number of imidazole rings is 1. The van der Waals surface area contributed by atoms with Crippen LogP contribution >= 0.6 is 22.9 Å². The molecule has 3 aromatic rings. The molecule has 1 N–H and O–H groups in total. The fourth-order valence-electron chi connectivity index (χ4n) is 1.83. The molecule has 0 saturated carbocycles. The maximum absolute atomic E-state index is 5.85. The summed E-state index contributed by atoms with van der Waals surface area (Å²) in [7, 11) is 0. The Morgan fingerprint density at radius 3 is 3.11 bits per heavy atom. The monoisotopic (exact) mass is 278 g/mol. The van der Waals surface area contributed by atoms with Gasteiger partial charge in [0.05, 0.1) is 17.9 Å². The van der Waals surface area contributed by atoms with Crippen molar-refractivity contribution in [2.75, 3.05) is 5.32 Å². The predicted molar refractivity (Wildman–Crippen MR) is 74.4 cm³/mol. The summed E-state index contributed by atoms with van der Waals surface area (Å²) >= 11 is 7.48. The van der Waals surface area contributed by atoms with Gasteiger partial charge in [-0.05, 0) is 19.1 Å². The smallest absolute Gasteiger partial charge is 0.194 e. The number of thiazole rings is 1. The third-order valence-electron chi connectivity index (χ3n) is 2.71. The highest BCUT2D eigenvalue weighted by molar-refractivity contribution is 7.15. The third kappa shape index (κ3) is 2.07. The number of hydrogen-bond donors (Lipinski definition) is 1. The number of nitrogens with one attached hydrogen (secondary N) is 1. The molecule has 0 unspecified atom stereocenters. The Morgan fingerprint density at radius 1 is 1.39 bits per heavy atom. The highest BCUT2D eigenvalue weighted by atomic mass is 35.5. The summed E-state index contributed by atoms with van der Waals surface area (Å²) in [6.45, 7) is 2.69. The Morgan fingerprint density at radius 2 is 2.28 bits per heavy atom. The van der Waals surface area contributed by atoms with E-state index in [0.29, 0.717) is 11.7 Å². The van der Waals surface area contributed by atoms with Crippen LogP contribution in [0.25, 0.3) is 4.96 Å². The van der Waals surface area contributed by atoms with Crippen LogP contribution in [0.5, 0.6) is 0 Å². The normalized spacial score (nSPS) is 11.0. The van der Waals surface area contributed by atoms with E-state index in [4.69, 9.17) is 11.6 Å². The molecule has 6 heteroatoms. The molecule has 0 saturated heterocycles. The van der Waals surface area contributed by atoms with Gasteiger partial charge in [0.2, 0.25) is 0 Å². The van der Waals surface area contributed by atoms with Crippen molar-refractivity contribution in [1.82, 2.24) is 14.4 Å². The fraction of sp³-hybridized carbons (Fsp3) is 0.167. The second kappa shape index (κ2) is 4.59. The lowest BCUT2D eigenvalue weighted by Crippen LogP contribution is -2.04. The highest BCUT2D eigenvalue weighted by Crippen LogP contribution is 2.18. The summed E-state index contributed by atoms with van der Waals surface area (Å²) < 4.78 is 2.09. The third-order valence-corrected chi connectivity index (χ3v) is 3.68. The summed E-state index contributed by atoms with van der Waals surface area (Å²) in [4.78, 5) is 9.71. The van der Waals surface area contributed by atoms with Crippen molar-refractivity contribution in [2.45, 2.75) is 13.5 Å². The molecule has 0 aliphatic carbocycles. The molecule has 3 aromatic heterocycles. The first-order chi connectivity index (χ1) is 8.74. The van der Waals surface area contributed by atoms with E-state index in [-0.39, 0.29) is 0 Å². The maximum Gasteiger partial charge on any atom is 0.194 e. The molecule has 92 valence electrons. The molecule has 0 aliphatic heterocycles. The first-order valence-corrected chi connectivity index (χ1v) is 6.77. The second-order valence-corrected chi connectivity index (χ2v) is 5.16. The summed E-state index contributed by atoms with van der Waals surface area (Å²) in [5.74, 6) is 0.770. The lowest BCUT2D eigenvalue weighted by molar-refractivity contribution is 0.984. The number of aryl methyl sites for hydroxylation is 1. The molecule has 3 rings (SSSR count). The van der Waals surface area contributed by atoms with Crippen molar-refractivity contribution in [3.8, 4) is 0 Å². The van der Waals surface area contributed by atoms with Crippen LogP contribution < -0.4 is 5.32 Å². The zero-order valence-electron chi connectivity index (χ0n) is 9.72. The molecule has 18 heavy (non-hydrogen) atoms. The van der Waals surface area contributed by atoms with Crippen LogP contribution in [0.4, 0.5) is 5.82 Å². The molecule has 0 aromatic carbocycles. The first-order valence-electron chi connectivity index (χ1n) is 5.51. The molecule has 0 spiro atoms. The molecule has 3 heterocycles. The molecule has 0 atom stereocenters. The van der Waals surface area contributed by atoms with E-state index in [2.05, 4.69) is 19.7 Å². The van der Waals surface area contributed by atoms with Gasteiger partial charge in [0, 0.05) is 11.6 Å². The van der Waals surface area contributed by atoms with Gasteiger partial charge in [-0.1, -0.05) is 17.7 Å². The van der Waals surface area contributed by atoms with Crippen LogP contribution in [0.2, 0.25) is 5.15 Å².